The maximum absolute atomic E-state index is 4.29. The Kier molecular flexibility index (Phi) is 11.8. The quantitative estimate of drug-likeness (QED) is 0.836. The van der Waals surface area contributed by atoms with Gasteiger partial charge in [-0.15, -0.1) is 0 Å². The highest BCUT2D eigenvalue weighted by atomic mass is 14.9. The summed E-state index contributed by atoms with van der Waals surface area (Å²) >= 11 is 0. The predicted molar refractivity (Wildman–Crippen MR) is 101 cm³/mol. The van der Waals surface area contributed by atoms with E-state index in [0.29, 0.717) is 0 Å². The second-order valence-corrected chi connectivity index (χ2v) is 4.12. The van der Waals surface area contributed by atoms with Crippen LogP contribution in [0.4, 0.5) is 5.69 Å². The molecule has 4 nitrogen and oxygen atoms in total. The second kappa shape index (κ2) is 13.2. The van der Waals surface area contributed by atoms with Crippen molar-refractivity contribution in [2.45, 2.75) is 34.6 Å². The maximum Gasteiger partial charge on any atom is 0.0886 e. The van der Waals surface area contributed by atoms with Crippen LogP contribution < -0.4 is 5.32 Å². The summed E-state index contributed by atoms with van der Waals surface area (Å²) in [6, 6.07) is 3.89. The van der Waals surface area contributed by atoms with Crippen LogP contribution in [0.15, 0.2) is 49.1 Å². The van der Waals surface area contributed by atoms with E-state index in [9.17, 15) is 0 Å². The minimum atomic E-state index is 0.735. The van der Waals surface area contributed by atoms with E-state index in [1.54, 1.807) is 30.9 Å². The smallest absolute Gasteiger partial charge is 0.0886 e. The third-order valence-electron chi connectivity index (χ3n) is 2.57. The van der Waals surface area contributed by atoms with E-state index in [1.807, 2.05) is 52.8 Å². The predicted octanol–water partition coefficient (Wildman–Crippen LogP) is 5.08. The summed E-state index contributed by atoms with van der Waals surface area (Å²) in [5.41, 5.74) is 3.79. The molecule has 0 saturated carbocycles. The van der Waals surface area contributed by atoms with Gasteiger partial charge in [0.2, 0.25) is 0 Å². The van der Waals surface area contributed by atoms with Crippen LogP contribution in [0.1, 0.15) is 46.0 Å². The Bertz CT molecular complexity index is 577. The van der Waals surface area contributed by atoms with E-state index in [4.69, 9.17) is 0 Å². The summed E-state index contributed by atoms with van der Waals surface area (Å²) in [4.78, 5) is 12.6. The van der Waals surface area contributed by atoms with E-state index in [-0.39, 0.29) is 0 Å². The van der Waals surface area contributed by atoms with E-state index in [1.165, 1.54) is 0 Å². The molecule has 0 spiro atoms. The zero-order chi connectivity index (χ0) is 17.5. The number of pyridine rings is 1. The van der Waals surface area contributed by atoms with Crippen molar-refractivity contribution in [1.29, 1.82) is 0 Å². The van der Waals surface area contributed by atoms with Crippen molar-refractivity contribution >= 4 is 17.8 Å². The van der Waals surface area contributed by atoms with Gasteiger partial charge < -0.3 is 5.32 Å². The molecule has 0 unspecified atom stereocenters. The van der Waals surface area contributed by atoms with Gasteiger partial charge in [0.1, 0.15) is 0 Å². The number of hydrogen-bond acceptors (Lipinski definition) is 4. The van der Waals surface area contributed by atoms with Crippen LogP contribution in [-0.2, 0) is 0 Å². The molecule has 2 aromatic rings. The fourth-order valence-electron chi connectivity index (χ4n) is 1.62. The number of hydrogen-bond donors (Lipinski definition) is 1. The van der Waals surface area contributed by atoms with Gasteiger partial charge in [0.05, 0.1) is 17.1 Å². The van der Waals surface area contributed by atoms with Gasteiger partial charge in [-0.25, -0.2) is 0 Å². The molecule has 2 heterocycles. The van der Waals surface area contributed by atoms with Crippen molar-refractivity contribution in [1.82, 2.24) is 15.0 Å². The average Bonchev–Trinajstić information content (AvgIpc) is 2.65. The molecule has 0 aromatic carbocycles. The molecule has 23 heavy (non-hydrogen) atoms. The molecule has 0 aliphatic rings. The Morgan fingerprint density at radius 1 is 1.09 bits per heavy atom. The Morgan fingerprint density at radius 3 is 2.30 bits per heavy atom. The number of nitrogens with zero attached hydrogens (tertiary/aromatic N) is 3. The van der Waals surface area contributed by atoms with Crippen molar-refractivity contribution in [3.63, 3.8) is 0 Å². The summed E-state index contributed by atoms with van der Waals surface area (Å²) in [7, 11) is 0. The van der Waals surface area contributed by atoms with E-state index < -0.39 is 0 Å². The standard InChI is InChI=1S/C15H16N4.2C2H6/c1-3-14-15(18-8-7-17-14)9-12(2)10-19-13-5-4-6-16-11-13;2*1-2/h3-9,11,19H,1,10H2,2H3;2*1-2H3/b12-9+;;. The van der Waals surface area contributed by atoms with Gasteiger partial charge in [0.25, 0.3) is 0 Å². The van der Waals surface area contributed by atoms with Gasteiger partial charge in [-0.3, -0.25) is 15.0 Å². The zero-order valence-electron chi connectivity index (χ0n) is 14.9. The molecule has 0 saturated heterocycles. The molecule has 124 valence electrons. The molecule has 0 amide bonds. The Hall–Kier alpha value is -2.49. The Morgan fingerprint density at radius 2 is 1.74 bits per heavy atom. The van der Waals surface area contributed by atoms with Crippen molar-refractivity contribution in [2.75, 3.05) is 11.9 Å². The van der Waals surface area contributed by atoms with E-state index in [0.717, 1.165) is 29.2 Å². The molecule has 1 N–H and O–H groups in total. The summed E-state index contributed by atoms with van der Waals surface area (Å²) in [6.07, 6.45) is 10.6. The van der Waals surface area contributed by atoms with Gasteiger partial charge in [-0.05, 0) is 31.2 Å². The van der Waals surface area contributed by atoms with E-state index >= 15 is 0 Å². The van der Waals surface area contributed by atoms with Gasteiger partial charge in [0.15, 0.2) is 0 Å². The fraction of sp³-hybridized carbons (Fsp3) is 0.316. The lowest BCUT2D eigenvalue weighted by Gasteiger charge is -2.06. The lowest BCUT2D eigenvalue weighted by atomic mass is 10.2. The van der Waals surface area contributed by atoms with Gasteiger partial charge >= 0.3 is 0 Å². The molecule has 2 rings (SSSR count). The first kappa shape index (κ1) is 20.5. The highest BCUT2D eigenvalue weighted by Crippen LogP contribution is 2.10. The molecule has 2 aromatic heterocycles. The first-order chi connectivity index (χ1) is 11.3. The first-order valence-electron chi connectivity index (χ1n) is 8.04. The minimum absolute atomic E-state index is 0.735. The largest absolute Gasteiger partial charge is 0.380 e. The summed E-state index contributed by atoms with van der Waals surface area (Å²) in [6.45, 7) is 14.5. The second-order valence-electron chi connectivity index (χ2n) is 4.12. The number of rotatable bonds is 5. The molecular weight excluding hydrogens is 284 g/mol. The molecule has 0 bridgehead atoms. The molecule has 0 radical (unpaired) electrons. The molecule has 4 heteroatoms. The molecule has 0 aliphatic carbocycles. The monoisotopic (exact) mass is 312 g/mol. The highest BCUT2D eigenvalue weighted by Gasteiger charge is 1.99. The Labute approximate surface area is 140 Å². The first-order valence-corrected chi connectivity index (χ1v) is 8.04. The van der Waals surface area contributed by atoms with Crippen molar-refractivity contribution < 1.29 is 0 Å². The topological polar surface area (TPSA) is 50.7 Å². The highest BCUT2D eigenvalue weighted by molar-refractivity contribution is 5.60. The number of aromatic nitrogens is 3. The van der Waals surface area contributed by atoms with Crippen LogP contribution in [0.5, 0.6) is 0 Å². The number of anilines is 1. The molecule has 0 fully saturated rings. The average molecular weight is 312 g/mol. The van der Waals surface area contributed by atoms with Crippen LogP contribution >= 0.6 is 0 Å². The summed E-state index contributed by atoms with van der Waals surface area (Å²) in [5.74, 6) is 0. The van der Waals surface area contributed by atoms with E-state index in [2.05, 4.69) is 26.8 Å². The van der Waals surface area contributed by atoms with Crippen molar-refractivity contribution in [3.05, 3.63) is 60.5 Å². The van der Waals surface area contributed by atoms with Gasteiger partial charge in [-0.1, -0.05) is 39.8 Å². The van der Waals surface area contributed by atoms with Crippen molar-refractivity contribution in [2.24, 2.45) is 0 Å². The fourth-order valence-corrected chi connectivity index (χ4v) is 1.62. The Balaban J connectivity index is 0.00000112. The molecule has 0 atom stereocenters. The molecular formula is C19H28N4. The zero-order valence-corrected chi connectivity index (χ0v) is 14.9. The summed E-state index contributed by atoms with van der Waals surface area (Å²) < 4.78 is 0. The minimum Gasteiger partial charge on any atom is -0.380 e. The van der Waals surface area contributed by atoms with Crippen LogP contribution in [0.3, 0.4) is 0 Å². The van der Waals surface area contributed by atoms with Crippen molar-refractivity contribution in [3.8, 4) is 0 Å². The molecule has 0 aliphatic heterocycles. The summed E-state index contributed by atoms with van der Waals surface area (Å²) in [5, 5.41) is 3.30. The third-order valence-corrected chi connectivity index (χ3v) is 2.57. The number of nitrogens with one attached hydrogen (secondary N) is 1. The third kappa shape index (κ3) is 7.90. The maximum atomic E-state index is 4.29. The lowest BCUT2D eigenvalue weighted by Crippen LogP contribution is -2.03. The SMILES string of the molecule is C=Cc1nccnc1/C=C(\C)CNc1cccnc1.CC.CC. The lowest BCUT2D eigenvalue weighted by molar-refractivity contribution is 1.14. The normalized spacial score (nSPS) is 9.70. The van der Waals surface area contributed by atoms with Crippen LogP contribution in [0.25, 0.3) is 12.2 Å². The van der Waals surface area contributed by atoms with Gasteiger partial charge in [-0.2, -0.15) is 0 Å². The van der Waals surface area contributed by atoms with Crippen LogP contribution in [0.2, 0.25) is 0 Å². The van der Waals surface area contributed by atoms with Crippen LogP contribution in [0, 0.1) is 0 Å². The van der Waals surface area contributed by atoms with Gasteiger partial charge in [0, 0.05) is 31.3 Å². The van der Waals surface area contributed by atoms with Crippen LogP contribution in [-0.4, -0.2) is 21.5 Å².